The fourth-order valence-corrected chi connectivity index (χ4v) is 1.06. The van der Waals surface area contributed by atoms with Gasteiger partial charge >= 0.3 is 5.68 Å². The van der Waals surface area contributed by atoms with E-state index in [1.54, 1.807) is 7.05 Å². The Kier molecular flexibility index (Phi) is 1.73. The van der Waals surface area contributed by atoms with Crippen LogP contribution in [0.5, 0.6) is 0 Å². The zero-order valence-corrected chi connectivity index (χ0v) is 7.19. The van der Waals surface area contributed by atoms with Gasteiger partial charge in [0, 0.05) is 12.6 Å². The molecule has 0 fully saturated rings. The topological polar surface area (TPSA) is 54.8 Å². The molecular formula is C9H9N3O. The Balaban J connectivity index is 2.54. The first-order valence-corrected chi connectivity index (χ1v) is 3.91. The molecular weight excluding hydrogens is 166 g/mol. The number of nitrogens with zero attached hydrogens (tertiary/aromatic N) is 2. The molecule has 0 spiro atoms. The van der Waals surface area contributed by atoms with Crippen molar-refractivity contribution in [2.24, 2.45) is 7.05 Å². The molecule has 1 aromatic heterocycles. The van der Waals surface area contributed by atoms with Crippen LogP contribution in [0.2, 0.25) is 0 Å². The maximum Gasteiger partial charge on any atom is 0.312 e. The zero-order valence-electron chi connectivity index (χ0n) is 7.19. The smallest absolute Gasteiger partial charge is 0.312 e. The Bertz CT molecular complexity index is 455. The van der Waals surface area contributed by atoms with Crippen molar-refractivity contribution >= 4 is 0 Å². The largest absolute Gasteiger partial charge is 0.404 e. The molecule has 1 N–H and O–H groups in total. The maximum atomic E-state index is 7.32. The van der Waals surface area contributed by atoms with E-state index in [1.165, 1.54) is 4.68 Å². The van der Waals surface area contributed by atoms with Gasteiger partial charge in [0.1, 0.15) is 0 Å². The number of aryl methyl sites for hydroxylation is 1. The summed E-state index contributed by atoms with van der Waals surface area (Å²) < 4.78 is 6.51. The zero-order chi connectivity index (χ0) is 9.26. The van der Waals surface area contributed by atoms with E-state index in [9.17, 15) is 0 Å². The molecule has 0 aliphatic carbocycles. The Labute approximate surface area is 75.0 Å². The summed E-state index contributed by atoms with van der Waals surface area (Å²) in [5.41, 5.74) is 0.940. The van der Waals surface area contributed by atoms with E-state index in [0.717, 1.165) is 5.56 Å². The highest BCUT2D eigenvalue weighted by Gasteiger charge is 2.03. The summed E-state index contributed by atoms with van der Waals surface area (Å²) >= 11 is 0. The van der Waals surface area contributed by atoms with E-state index in [2.05, 4.69) is 5.10 Å². The molecule has 0 amide bonds. The lowest BCUT2D eigenvalue weighted by Gasteiger charge is -1.90. The second-order valence-electron chi connectivity index (χ2n) is 2.70. The van der Waals surface area contributed by atoms with Crippen LogP contribution in [0.1, 0.15) is 0 Å². The summed E-state index contributed by atoms with van der Waals surface area (Å²) in [4.78, 5) is 0. The molecule has 66 valence electrons. The van der Waals surface area contributed by atoms with Crippen molar-refractivity contribution in [3.63, 3.8) is 0 Å². The van der Waals surface area contributed by atoms with Crippen LogP contribution in [0.4, 0.5) is 0 Å². The molecule has 0 unspecified atom stereocenters. The summed E-state index contributed by atoms with van der Waals surface area (Å²) in [6, 6.07) is 9.52. The van der Waals surface area contributed by atoms with Crippen molar-refractivity contribution in [2.45, 2.75) is 0 Å². The molecule has 0 bridgehead atoms. The standard InChI is InChI=1S/C9H9N3O/c1-12-9(10)13-8(11-12)7-5-3-2-4-6-7/h2-6,10H,1H3. The van der Waals surface area contributed by atoms with Crippen LogP contribution in [0.15, 0.2) is 34.7 Å². The van der Waals surface area contributed by atoms with E-state index in [1.807, 2.05) is 30.3 Å². The van der Waals surface area contributed by atoms with Crippen LogP contribution in [-0.2, 0) is 7.05 Å². The van der Waals surface area contributed by atoms with Gasteiger partial charge < -0.3 is 4.42 Å². The molecule has 0 saturated heterocycles. The Morgan fingerprint density at radius 2 is 2.00 bits per heavy atom. The molecule has 4 nitrogen and oxygen atoms in total. The molecule has 0 aliphatic rings. The Hall–Kier alpha value is -1.84. The van der Waals surface area contributed by atoms with Gasteiger partial charge in [0.15, 0.2) is 0 Å². The number of rotatable bonds is 1. The van der Waals surface area contributed by atoms with E-state index >= 15 is 0 Å². The van der Waals surface area contributed by atoms with Crippen molar-refractivity contribution in [1.82, 2.24) is 9.78 Å². The van der Waals surface area contributed by atoms with Gasteiger partial charge in [0.05, 0.1) is 0 Å². The van der Waals surface area contributed by atoms with E-state index < -0.39 is 0 Å². The maximum absolute atomic E-state index is 7.32. The fraction of sp³-hybridized carbons (Fsp3) is 0.111. The lowest BCUT2D eigenvalue weighted by molar-refractivity contribution is 0.475. The Morgan fingerprint density at radius 1 is 1.31 bits per heavy atom. The molecule has 0 atom stereocenters. The van der Waals surface area contributed by atoms with Gasteiger partial charge in [-0.25, -0.2) is 10.1 Å². The minimum Gasteiger partial charge on any atom is -0.404 e. The first-order chi connectivity index (χ1) is 6.27. The van der Waals surface area contributed by atoms with Crippen LogP contribution < -0.4 is 5.68 Å². The third-order valence-corrected chi connectivity index (χ3v) is 1.75. The first kappa shape index (κ1) is 7.79. The average Bonchev–Trinajstić information content (AvgIpc) is 2.49. The van der Waals surface area contributed by atoms with Gasteiger partial charge in [-0.3, -0.25) is 0 Å². The van der Waals surface area contributed by atoms with Crippen LogP contribution in [0.25, 0.3) is 11.5 Å². The van der Waals surface area contributed by atoms with Crippen LogP contribution in [0, 0.1) is 5.41 Å². The molecule has 0 saturated carbocycles. The number of hydrogen-bond acceptors (Lipinski definition) is 3. The van der Waals surface area contributed by atoms with E-state index in [-0.39, 0.29) is 5.68 Å². The molecule has 13 heavy (non-hydrogen) atoms. The number of benzene rings is 1. The molecule has 0 aliphatic heterocycles. The highest BCUT2D eigenvalue weighted by Crippen LogP contribution is 2.13. The SMILES string of the molecule is Cn1nc(-c2ccccc2)oc1=N. The number of aromatic nitrogens is 2. The second kappa shape index (κ2) is 2.90. The van der Waals surface area contributed by atoms with Gasteiger partial charge in [-0.2, -0.15) is 0 Å². The van der Waals surface area contributed by atoms with Crippen LogP contribution >= 0.6 is 0 Å². The highest BCUT2D eigenvalue weighted by molar-refractivity contribution is 5.51. The predicted molar refractivity (Wildman–Crippen MR) is 46.8 cm³/mol. The fourth-order valence-electron chi connectivity index (χ4n) is 1.06. The molecule has 0 radical (unpaired) electrons. The first-order valence-electron chi connectivity index (χ1n) is 3.91. The molecule has 1 heterocycles. The van der Waals surface area contributed by atoms with Gasteiger partial charge in [-0.15, -0.1) is 5.10 Å². The normalized spacial score (nSPS) is 10.2. The lowest BCUT2D eigenvalue weighted by atomic mass is 10.2. The van der Waals surface area contributed by atoms with Gasteiger partial charge in [-0.05, 0) is 12.1 Å². The van der Waals surface area contributed by atoms with Crippen molar-refractivity contribution in [3.05, 3.63) is 36.0 Å². The molecule has 2 rings (SSSR count). The minimum atomic E-state index is 0.0545. The quantitative estimate of drug-likeness (QED) is 0.707. The van der Waals surface area contributed by atoms with Crippen molar-refractivity contribution in [1.29, 1.82) is 5.41 Å². The van der Waals surface area contributed by atoms with Crippen molar-refractivity contribution < 1.29 is 4.42 Å². The van der Waals surface area contributed by atoms with Crippen LogP contribution in [0.3, 0.4) is 0 Å². The summed E-state index contributed by atoms with van der Waals surface area (Å²) in [5.74, 6) is 0.480. The van der Waals surface area contributed by atoms with E-state index in [0.29, 0.717) is 5.89 Å². The Morgan fingerprint density at radius 3 is 2.54 bits per heavy atom. The summed E-state index contributed by atoms with van der Waals surface area (Å²) in [7, 11) is 1.68. The average molecular weight is 175 g/mol. The second-order valence-corrected chi connectivity index (χ2v) is 2.70. The van der Waals surface area contributed by atoms with Crippen molar-refractivity contribution in [3.8, 4) is 11.5 Å². The molecule has 1 aromatic carbocycles. The highest BCUT2D eigenvalue weighted by atomic mass is 16.4. The summed E-state index contributed by atoms with van der Waals surface area (Å²) in [5, 5.41) is 11.4. The van der Waals surface area contributed by atoms with Crippen molar-refractivity contribution in [2.75, 3.05) is 0 Å². The third-order valence-electron chi connectivity index (χ3n) is 1.75. The molecule has 4 heteroatoms. The number of hydrogen-bond donors (Lipinski definition) is 1. The number of nitrogens with one attached hydrogen (secondary N) is 1. The van der Waals surface area contributed by atoms with Gasteiger partial charge in [0.2, 0.25) is 5.89 Å². The predicted octanol–water partition coefficient (Wildman–Crippen LogP) is 1.16. The summed E-state index contributed by atoms with van der Waals surface area (Å²) in [6.45, 7) is 0. The molecule has 2 aromatic rings. The third kappa shape index (κ3) is 1.38. The van der Waals surface area contributed by atoms with Gasteiger partial charge in [0.25, 0.3) is 0 Å². The van der Waals surface area contributed by atoms with Crippen LogP contribution in [-0.4, -0.2) is 9.78 Å². The van der Waals surface area contributed by atoms with Gasteiger partial charge in [-0.1, -0.05) is 18.2 Å². The monoisotopic (exact) mass is 175 g/mol. The van der Waals surface area contributed by atoms with E-state index in [4.69, 9.17) is 9.83 Å². The summed E-state index contributed by atoms with van der Waals surface area (Å²) in [6.07, 6.45) is 0. The lowest BCUT2D eigenvalue weighted by Crippen LogP contribution is -2.10. The minimum absolute atomic E-state index is 0.0545.